The zero-order valence-corrected chi connectivity index (χ0v) is 16.4. The van der Waals surface area contributed by atoms with E-state index in [9.17, 15) is 9.90 Å². The molecule has 0 fully saturated rings. The molecule has 7 nitrogen and oxygen atoms in total. The summed E-state index contributed by atoms with van der Waals surface area (Å²) in [4.78, 5) is 12.3. The Morgan fingerprint density at radius 1 is 1.10 bits per heavy atom. The number of aromatic nitrogens is 2. The molecule has 1 atom stereocenters. The van der Waals surface area contributed by atoms with Crippen LogP contribution in [0.25, 0.3) is 11.3 Å². The second-order valence-corrected chi connectivity index (χ2v) is 6.30. The fourth-order valence-electron chi connectivity index (χ4n) is 2.85. The molecule has 2 aromatic carbocycles. The first kappa shape index (κ1) is 20.4. The number of esters is 1. The van der Waals surface area contributed by atoms with Crippen molar-refractivity contribution in [2.75, 3.05) is 20.3 Å². The minimum Gasteiger partial charge on any atom is -0.493 e. The smallest absolute Gasteiger partial charge is 0.356 e. The standard InChI is InChI=1S/C22H24N2O5/c1-3-28-22(26)19-13-18(16-9-5-4-6-10-16)23-24(19)14-17(25)15-29-21-12-8-7-11-20(21)27-2/h4-13,17,25H,3,14-15H2,1-2H3. The molecule has 0 aliphatic rings. The van der Waals surface area contributed by atoms with Gasteiger partial charge in [0.05, 0.1) is 26.0 Å². The number of rotatable bonds is 9. The highest BCUT2D eigenvalue weighted by Gasteiger charge is 2.20. The van der Waals surface area contributed by atoms with Gasteiger partial charge in [-0.3, -0.25) is 4.68 Å². The number of nitrogens with zero attached hydrogens (tertiary/aromatic N) is 2. The van der Waals surface area contributed by atoms with Crippen LogP contribution in [0.2, 0.25) is 0 Å². The van der Waals surface area contributed by atoms with Gasteiger partial charge in [-0.15, -0.1) is 0 Å². The number of para-hydroxylation sites is 2. The van der Waals surface area contributed by atoms with E-state index < -0.39 is 12.1 Å². The van der Waals surface area contributed by atoms with Gasteiger partial charge in [-0.05, 0) is 25.1 Å². The van der Waals surface area contributed by atoms with Crippen molar-refractivity contribution < 1.29 is 24.1 Å². The summed E-state index contributed by atoms with van der Waals surface area (Å²) < 4.78 is 17.5. The molecule has 152 valence electrons. The highest BCUT2D eigenvalue weighted by molar-refractivity contribution is 5.89. The molecule has 0 amide bonds. The van der Waals surface area contributed by atoms with Crippen LogP contribution in [0.5, 0.6) is 11.5 Å². The van der Waals surface area contributed by atoms with Crippen LogP contribution in [-0.4, -0.2) is 47.3 Å². The van der Waals surface area contributed by atoms with Gasteiger partial charge in [-0.1, -0.05) is 42.5 Å². The summed E-state index contributed by atoms with van der Waals surface area (Å²) in [6.45, 7) is 2.09. The van der Waals surface area contributed by atoms with Crippen LogP contribution < -0.4 is 9.47 Å². The van der Waals surface area contributed by atoms with Gasteiger partial charge in [-0.2, -0.15) is 5.10 Å². The Morgan fingerprint density at radius 2 is 1.79 bits per heavy atom. The van der Waals surface area contributed by atoms with Crippen LogP contribution in [0.4, 0.5) is 0 Å². The van der Waals surface area contributed by atoms with Gasteiger partial charge in [0, 0.05) is 5.56 Å². The third-order valence-electron chi connectivity index (χ3n) is 4.22. The second-order valence-electron chi connectivity index (χ2n) is 6.30. The van der Waals surface area contributed by atoms with E-state index in [1.165, 1.54) is 4.68 Å². The topological polar surface area (TPSA) is 82.8 Å². The van der Waals surface area contributed by atoms with E-state index >= 15 is 0 Å². The predicted octanol–water partition coefficient (Wildman–Crippen LogP) is 3.18. The van der Waals surface area contributed by atoms with Crippen molar-refractivity contribution in [1.29, 1.82) is 0 Å². The Bertz CT molecular complexity index is 939. The molecule has 0 radical (unpaired) electrons. The van der Waals surface area contributed by atoms with Gasteiger partial charge in [-0.25, -0.2) is 4.79 Å². The minimum absolute atomic E-state index is 0.0170. The lowest BCUT2D eigenvalue weighted by Crippen LogP contribution is -2.26. The average Bonchev–Trinajstić information content (AvgIpc) is 3.17. The van der Waals surface area contributed by atoms with Crippen LogP contribution in [0, 0.1) is 0 Å². The number of carbonyl (C=O) groups is 1. The second kappa shape index (κ2) is 9.75. The molecular weight excluding hydrogens is 372 g/mol. The van der Waals surface area contributed by atoms with Crippen LogP contribution in [0.15, 0.2) is 60.7 Å². The van der Waals surface area contributed by atoms with Crippen molar-refractivity contribution in [2.24, 2.45) is 0 Å². The van der Waals surface area contributed by atoms with E-state index in [-0.39, 0.29) is 25.5 Å². The minimum atomic E-state index is -0.892. The van der Waals surface area contributed by atoms with Crippen molar-refractivity contribution in [1.82, 2.24) is 9.78 Å². The van der Waals surface area contributed by atoms with E-state index in [4.69, 9.17) is 14.2 Å². The Labute approximate surface area is 169 Å². The number of carbonyl (C=O) groups excluding carboxylic acids is 1. The van der Waals surface area contributed by atoms with Gasteiger partial charge in [0.15, 0.2) is 11.5 Å². The molecule has 0 saturated carbocycles. The summed E-state index contributed by atoms with van der Waals surface area (Å²) in [5.74, 6) is 0.627. The fraction of sp³-hybridized carbons (Fsp3) is 0.273. The van der Waals surface area contributed by atoms with Crippen molar-refractivity contribution in [3.63, 3.8) is 0 Å². The van der Waals surface area contributed by atoms with Crippen molar-refractivity contribution in [3.05, 3.63) is 66.4 Å². The van der Waals surface area contributed by atoms with Gasteiger partial charge < -0.3 is 19.3 Å². The highest BCUT2D eigenvalue weighted by atomic mass is 16.5. The van der Waals surface area contributed by atoms with E-state index in [2.05, 4.69) is 5.10 Å². The molecule has 0 spiro atoms. The van der Waals surface area contributed by atoms with E-state index in [1.54, 1.807) is 32.2 Å². The molecule has 3 rings (SSSR count). The molecule has 3 aromatic rings. The van der Waals surface area contributed by atoms with Crippen LogP contribution in [0.1, 0.15) is 17.4 Å². The molecule has 0 bridgehead atoms. The van der Waals surface area contributed by atoms with E-state index in [0.29, 0.717) is 17.2 Å². The third kappa shape index (κ3) is 5.14. The maximum Gasteiger partial charge on any atom is 0.356 e. The summed E-state index contributed by atoms with van der Waals surface area (Å²) in [6, 6.07) is 18.4. The zero-order valence-electron chi connectivity index (χ0n) is 16.4. The summed E-state index contributed by atoms with van der Waals surface area (Å²) in [5, 5.41) is 15.0. The van der Waals surface area contributed by atoms with Gasteiger partial charge in [0.25, 0.3) is 0 Å². The lowest BCUT2D eigenvalue weighted by atomic mass is 10.1. The average molecular weight is 396 g/mol. The number of benzene rings is 2. The molecule has 1 unspecified atom stereocenters. The number of aliphatic hydroxyl groups is 1. The number of hydrogen-bond donors (Lipinski definition) is 1. The number of hydrogen-bond acceptors (Lipinski definition) is 6. The maximum atomic E-state index is 12.3. The Balaban J connectivity index is 1.76. The van der Waals surface area contributed by atoms with E-state index in [1.807, 2.05) is 42.5 Å². The van der Waals surface area contributed by atoms with Crippen molar-refractivity contribution >= 4 is 5.97 Å². The van der Waals surface area contributed by atoms with Gasteiger partial charge >= 0.3 is 5.97 Å². The first-order valence-corrected chi connectivity index (χ1v) is 9.36. The maximum absolute atomic E-state index is 12.3. The first-order chi connectivity index (χ1) is 14.1. The third-order valence-corrected chi connectivity index (χ3v) is 4.22. The Hall–Kier alpha value is -3.32. The Kier molecular flexibility index (Phi) is 6.86. The summed E-state index contributed by atoms with van der Waals surface area (Å²) >= 11 is 0. The summed E-state index contributed by atoms with van der Waals surface area (Å²) in [6.07, 6.45) is -0.892. The molecule has 0 aliphatic carbocycles. The molecular formula is C22H24N2O5. The van der Waals surface area contributed by atoms with Gasteiger partial charge in [0.1, 0.15) is 18.4 Å². The molecule has 1 N–H and O–H groups in total. The summed E-state index contributed by atoms with van der Waals surface area (Å²) in [5.41, 5.74) is 1.78. The largest absolute Gasteiger partial charge is 0.493 e. The highest BCUT2D eigenvalue weighted by Crippen LogP contribution is 2.26. The van der Waals surface area contributed by atoms with E-state index in [0.717, 1.165) is 5.56 Å². The fourth-order valence-corrected chi connectivity index (χ4v) is 2.85. The monoisotopic (exact) mass is 396 g/mol. The molecule has 1 aromatic heterocycles. The Morgan fingerprint density at radius 3 is 2.48 bits per heavy atom. The van der Waals surface area contributed by atoms with Crippen LogP contribution >= 0.6 is 0 Å². The molecule has 0 saturated heterocycles. The molecule has 0 aliphatic heterocycles. The van der Waals surface area contributed by atoms with Crippen LogP contribution in [0.3, 0.4) is 0 Å². The zero-order chi connectivity index (χ0) is 20.6. The van der Waals surface area contributed by atoms with Crippen molar-refractivity contribution in [2.45, 2.75) is 19.6 Å². The molecule has 29 heavy (non-hydrogen) atoms. The predicted molar refractivity (Wildman–Crippen MR) is 108 cm³/mol. The normalized spacial score (nSPS) is 11.7. The number of aliphatic hydroxyl groups excluding tert-OH is 1. The molecule has 1 heterocycles. The lowest BCUT2D eigenvalue weighted by molar-refractivity contribution is 0.0497. The van der Waals surface area contributed by atoms with Crippen molar-refractivity contribution in [3.8, 4) is 22.8 Å². The number of ether oxygens (including phenoxy) is 3. The summed E-state index contributed by atoms with van der Waals surface area (Å²) in [7, 11) is 1.55. The SMILES string of the molecule is CCOC(=O)c1cc(-c2ccccc2)nn1CC(O)COc1ccccc1OC. The quantitative estimate of drug-likeness (QED) is 0.560. The molecule has 7 heteroatoms. The van der Waals surface area contributed by atoms with Gasteiger partial charge in [0.2, 0.25) is 0 Å². The first-order valence-electron chi connectivity index (χ1n) is 9.36. The van der Waals surface area contributed by atoms with Crippen LogP contribution in [-0.2, 0) is 11.3 Å². The lowest BCUT2D eigenvalue weighted by Gasteiger charge is -2.15. The number of methoxy groups -OCH3 is 1.